The van der Waals surface area contributed by atoms with Crippen molar-refractivity contribution >= 4 is 18.3 Å². The maximum Gasteiger partial charge on any atom is 0.273 e. The van der Waals surface area contributed by atoms with Gasteiger partial charge in [0.05, 0.1) is 18.3 Å². The van der Waals surface area contributed by atoms with Gasteiger partial charge in [0.2, 0.25) is 0 Å². The first-order valence-electron chi connectivity index (χ1n) is 7.67. The molecule has 8 heteroatoms. The molecule has 0 spiro atoms. The molecule has 1 heterocycles. The fourth-order valence-corrected chi connectivity index (χ4v) is 2.67. The molecule has 1 amide bonds. The molecule has 1 aromatic heterocycles. The number of rotatable bonds is 6. The quantitative estimate of drug-likeness (QED) is 0.828. The number of nitrogens with zero attached hydrogens (tertiary/aromatic N) is 3. The standard InChI is InChI=1S/C16H20FN5O.ClH/c1-16(10-18,12-5-6-12)19-15(23)14-9-22(21-20-14)8-11-3-2-4-13(17)7-11;/h2-4,7,9,12H,5-6,8,10,18H2,1H3,(H,19,23);1H. The molecule has 1 unspecified atom stereocenters. The van der Waals surface area contributed by atoms with E-state index in [-0.39, 0.29) is 29.8 Å². The Morgan fingerprint density at radius 3 is 2.88 bits per heavy atom. The van der Waals surface area contributed by atoms with Gasteiger partial charge in [-0.1, -0.05) is 17.3 Å². The van der Waals surface area contributed by atoms with E-state index in [2.05, 4.69) is 15.6 Å². The van der Waals surface area contributed by atoms with E-state index < -0.39 is 5.54 Å². The van der Waals surface area contributed by atoms with E-state index in [0.29, 0.717) is 19.0 Å². The van der Waals surface area contributed by atoms with E-state index >= 15 is 0 Å². The molecule has 130 valence electrons. The third kappa shape index (κ3) is 4.10. The van der Waals surface area contributed by atoms with Crippen molar-refractivity contribution in [3.8, 4) is 0 Å². The summed E-state index contributed by atoms with van der Waals surface area (Å²) < 4.78 is 14.7. The first-order valence-corrected chi connectivity index (χ1v) is 7.67. The largest absolute Gasteiger partial charge is 0.344 e. The monoisotopic (exact) mass is 353 g/mol. The summed E-state index contributed by atoms with van der Waals surface area (Å²) in [6.45, 7) is 2.70. The van der Waals surface area contributed by atoms with Crippen LogP contribution in [0.3, 0.4) is 0 Å². The van der Waals surface area contributed by atoms with Crippen LogP contribution in [0.5, 0.6) is 0 Å². The number of benzene rings is 1. The minimum Gasteiger partial charge on any atom is -0.344 e. The third-order valence-electron chi connectivity index (χ3n) is 4.31. The van der Waals surface area contributed by atoms with Crippen LogP contribution in [0.4, 0.5) is 4.39 Å². The molecule has 1 aliphatic rings. The van der Waals surface area contributed by atoms with Gasteiger partial charge in [-0.15, -0.1) is 17.5 Å². The van der Waals surface area contributed by atoms with Crippen LogP contribution in [-0.4, -0.2) is 33.0 Å². The van der Waals surface area contributed by atoms with E-state index in [0.717, 1.165) is 18.4 Å². The van der Waals surface area contributed by atoms with Crippen LogP contribution in [0.25, 0.3) is 0 Å². The van der Waals surface area contributed by atoms with Crippen molar-refractivity contribution in [3.63, 3.8) is 0 Å². The van der Waals surface area contributed by atoms with Gasteiger partial charge < -0.3 is 11.1 Å². The second-order valence-electron chi connectivity index (χ2n) is 6.28. The molecule has 0 bridgehead atoms. The van der Waals surface area contributed by atoms with Gasteiger partial charge in [-0.3, -0.25) is 4.79 Å². The predicted octanol–water partition coefficient (Wildman–Crippen LogP) is 1.74. The molecule has 1 aliphatic carbocycles. The summed E-state index contributed by atoms with van der Waals surface area (Å²) in [6, 6.07) is 6.25. The highest BCUT2D eigenvalue weighted by Crippen LogP contribution is 2.39. The van der Waals surface area contributed by atoms with Gasteiger partial charge in [0, 0.05) is 6.54 Å². The van der Waals surface area contributed by atoms with E-state index in [1.54, 1.807) is 18.3 Å². The minimum absolute atomic E-state index is 0. The summed E-state index contributed by atoms with van der Waals surface area (Å²) >= 11 is 0. The maximum absolute atomic E-state index is 13.2. The van der Waals surface area contributed by atoms with E-state index in [1.165, 1.54) is 16.8 Å². The average molecular weight is 354 g/mol. The van der Waals surface area contributed by atoms with Gasteiger partial charge in [0.25, 0.3) is 5.91 Å². The smallest absolute Gasteiger partial charge is 0.273 e. The van der Waals surface area contributed by atoms with Gasteiger partial charge in [-0.2, -0.15) is 0 Å². The van der Waals surface area contributed by atoms with Crippen molar-refractivity contribution in [1.82, 2.24) is 20.3 Å². The van der Waals surface area contributed by atoms with E-state index in [4.69, 9.17) is 5.73 Å². The Morgan fingerprint density at radius 2 is 2.25 bits per heavy atom. The van der Waals surface area contributed by atoms with Gasteiger partial charge in [0.1, 0.15) is 5.82 Å². The molecular formula is C16H21ClFN5O. The Kier molecular flexibility index (Phi) is 5.56. The van der Waals surface area contributed by atoms with Crippen molar-refractivity contribution < 1.29 is 9.18 Å². The van der Waals surface area contributed by atoms with Gasteiger partial charge in [-0.25, -0.2) is 9.07 Å². The van der Waals surface area contributed by atoms with Gasteiger partial charge >= 0.3 is 0 Å². The number of halogens is 2. The highest BCUT2D eigenvalue weighted by atomic mass is 35.5. The summed E-state index contributed by atoms with van der Waals surface area (Å²) in [5, 5.41) is 10.8. The van der Waals surface area contributed by atoms with Crippen LogP contribution in [0.1, 0.15) is 35.8 Å². The lowest BCUT2D eigenvalue weighted by atomic mass is 9.96. The summed E-state index contributed by atoms with van der Waals surface area (Å²) in [5.74, 6) is -0.155. The van der Waals surface area contributed by atoms with Crippen LogP contribution in [-0.2, 0) is 6.54 Å². The van der Waals surface area contributed by atoms with Crippen molar-refractivity contribution in [2.24, 2.45) is 11.7 Å². The third-order valence-corrected chi connectivity index (χ3v) is 4.31. The van der Waals surface area contributed by atoms with E-state index in [1.807, 2.05) is 6.92 Å². The molecule has 1 atom stereocenters. The molecule has 24 heavy (non-hydrogen) atoms. The highest BCUT2D eigenvalue weighted by Gasteiger charge is 2.41. The summed E-state index contributed by atoms with van der Waals surface area (Å²) in [7, 11) is 0. The number of carbonyl (C=O) groups excluding carboxylic acids is 1. The predicted molar refractivity (Wildman–Crippen MR) is 90.4 cm³/mol. The number of nitrogens with two attached hydrogens (primary N) is 1. The average Bonchev–Trinajstić information content (AvgIpc) is 3.28. The molecule has 0 saturated heterocycles. The maximum atomic E-state index is 13.2. The zero-order chi connectivity index (χ0) is 16.4. The number of hydrogen-bond acceptors (Lipinski definition) is 4. The van der Waals surface area contributed by atoms with Crippen LogP contribution in [0.2, 0.25) is 0 Å². The fourth-order valence-electron chi connectivity index (χ4n) is 2.67. The minimum atomic E-state index is -0.399. The van der Waals surface area contributed by atoms with Gasteiger partial charge in [-0.05, 0) is 43.4 Å². The topological polar surface area (TPSA) is 85.8 Å². The Bertz CT molecular complexity index is 718. The molecule has 3 N–H and O–H groups in total. The lowest BCUT2D eigenvalue weighted by Crippen LogP contribution is -2.53. The Balaban J connectivity index is 0.00000208. The van der Waals surface area contributed by atoms with Gasteiger partial charge in [0.15, 0.2) is 5.69 Å². The highest BCUT2D eigenvalue weighted by molar-refractivity contribution is 5.92. The zero-order valence-corrected chi connectivity index (χ0v) is 14.2. The first kappa shape index (κ1) is 18.4. The molecule has 0 radical (unpaired) electrons. The molecule has 0 aliphatic heterocycles. The lowest BCUT2D eigenvalue weighted by Gasteiger charge is -2.28. The number of aromatic nitrogens is 3. The molecule has 1 aromatic carbocycles. The number of nitrogens with one attached hydrogen (secondary N) is 1. The van der Waals surface area contributed by atoms with Crippen LogP contribution in [0, 0.1) is 11.7 Å². The molecular weight excluding hydrogens is 333 g/mol. The first-order chi connectivity index (χ1) is 11.0. The fraction of sp³-hybridized carbons (Fsp3) is 0.438. The molecule has 1 fully saturated rings. The summed E-state index contributed by atoms with van der Waals surface area (Å²) in [4.78, 5) is 12.3. The number of amides is 1. The molecule has 6 nitrogen and oxygen atoms in total. The summed E-state index contributed by atoms with van der Waals surface area (Å²) in [6.07, 6.45) is 3.73. The Morgan fingerprint density at radius 1 is 1.50 bits per heavy atom. The van der Waals surface area contributed by atoms with Crippen molar-refractivity contribution in [1.29, 1.82) is 0 Å². The van der Waals surface area contributed by atoms with Crippen LogP contribution < -0.4 is 11.1 Å². The SMILES string of the molecule is CC(CN)(NC(=O)c1cn(Cc2cccc(F)c2)nn1)C1CC1.Cl. The second kappa shape index (κ2) is 7.27. The zero-order valence-electron chi connectivity index (χ0n) is 13.4. The molecule has 3 rings (SSSR count). The number of carbonyl (C=O) groups is 1. The van der Waals surface area contributed by atoms with E-state index in [9.17, 15) is 9.18 Å². The summed E-state index contributed by atoms with van der Waals surface area (Å²) in [5.41, 5.74) is 6.40. The Hall–Kier alpha value is -1.99. The molecule has 2 aromatic rings. The van der Waals surface area contributed by atoms with Crippen LogP contribution in [0.15, 0.2) is 30.5 Å². The lowest BCUT2D eigenvalue weighted by molar-refractivity contribution is 0.0892. The number of hydrogen-bond donors (Lipinski definition) is 2. The molecule has 1 saturated carbocycles. The van der Waals surface area contributed by atoms with Crippen LogP contribution >= 0.6 is 12.4 Å². The Labute approximate surface area is 146 Å². The van der Waals surface area contributed by atoms with Crippen molar-refractivity contribution in [2.75, 3.05) is 6.54 Å². The van der Waals surface area contributed by atoms with Crippen molar-refractivity contribution in [2.45, 2.75) is 31.8 Å². The normalized spacial score (nSPS) is 16.1. The van der Waals surface area contributed by atoms with Crippen molar-refractivity contribution in [3.05, 3.63) is 47.5 Å². The second-order valence-corrected chi connectivity index (χ2v) is 6.28.